The van der Waals surface area contributed by atoms with Gasteiger partial charge in [0.25, 0.3) is 5.91 Å². The Balaban J connectivity index is 2.25. The van der Waals surface area contributed by atoms with Crippen LogP contribution < -0.4 is 11.5 Å². The molecule has 0 saturated carbocycles. The van der Waals surface area contributed by atoms with Crippen LogP contribution in [0.3, 0.4) is 0 Å². The third-order valence-corrected chi connectivity index (χ3v) is 3.72. The molecule has 7 heteroatoms. The number of nitrogens with zero attached hydrogens (tertiary/aromatic N) is 3. The molecule has 0 aliphatic rings. The molecule has 4 N–H and O–H groups in total. The van der Waals surface area contributed by atoms with Gasteiger partial charge in [0.05, 0.1) is 11.1 Å². The van der Waals surface area contributed by atoms with Crippen LogP contribution in [-0.2, 0) is 5.54 Å². The minimum atomic E-state index is -0.655. The van der Waals surface area contributed by atoms with Crippen molar-refractivity contribution in [2.45, 2.75) is 26.3 Å². The highest BCUT2D eigenvalue weighted by Crippen LogP contribution is 2.31. The number of amides is 1. The van der Waals surface area contributed by atoms with Gasteiger partial charge in [-0.1, -0.05) is 0 Å². The second-order valence-electron chi connectivity index (χ2n) is 6.62. The van der Waals surface area contributed by atoms with Crippen molar-refractivity contribution in [2.75, 3.05) is 5.73 Å². The molecule has 0 spiro atoms. The van der Waals surface area contributed by atoms with Gasteiger partial charge < -0.3 is 11.5 Å². The van der Waals surface area contributed by atoms with Crippen LogP contribution in [0.2, 0.25) is 0 Å². The number of halogens is 1. The van der Waals surface area contributed by atoms with E-state index in [1.54, 1.807) is 16.8 Å². The summed E-state index contributed by atoms with van der Waals surface area (Å²) in [6, 6.07) is 6.10. The molecule has 0 radical (unpaired) electrons. The number of hydrogen-bond acceptors (Lipinski definition) is 4. The van der Waals surface area contributed by atoms with Gasteiger partial charge in [-0.05, 0) is 39.0 Å². The fourth-order valence-corrected chi connectivity index (χ4v) is 2.61. The molecule has 2 aromatic heterocycles. The maximum atomic E-state index is 13.3. The van der Waals surface area contributed by atoms with E-state index in [-0.39, 0.29) is 17.2 Å². The maximum absolute atomic E-state index is 13.3. The molecule has 124 valence electrons. The lowest BCUT2D eigenvalue weighted by molar-refractivity contribution is 0.100. The predicted octanol–water partition coefficient (Wildman–Crippen LogP) is 2.67. The van der Waals surface area contributed by atoms with Crippen molar-refractivity contribution in [3.8, 4) is 11.3 Å². The molecule has 0 fully saturated rings. The van der Waals surface area contributed by atoms with Crippen LogP contribution in [0.25, 0.3) is 22.2 Å². The zero-order valence-electron chi connectivity index (χ0n) is 13.7. The van der Waals surface area contributed by atoms with Crippen molar-refractivity contribution >= 4 is 22.6 Å². The van der Waals surface area contributed by atoms with Crippen molar-refractivity contribution in [1.82, 2.24) is 14.8 Å². The molecule has 1 amide bonds. The topological polar surface area (TPSA) is 99.8 Å². The Labute approximate surface area is 138 Å². The molecular weight excluding hydrogens is 309 g/mol. The van der Waals surface area contributed by atoms with Crippen molar-refractivity contribution < 1.29 is 9.18 Å². The molecule has 2 heterocycles. The summed E-state index contributed by atoms with van der Waals surface area (Å²) in [7, 11) is 0. The molecule has 0 aliphatic carbocycles. The number of carbonyl (C=O) groups excluding carboxylic acids is 1. The van der Waals surface area contributed by atoms with E-state index in [1.165, 1.54) is 18.3 Å². The SMILES string of the molecule is CC(C)(C)n1nc(-c2cnc3cc(F)ccc3c2)c(C(N)=O)c1N. The van der Waals surface area contributed by atoms with Gasteiger partial charge >= 0.3 is 0 Å². The van der Waals surface area contributed by atoms with Gasteiger partial charge in [-0.25, -0.2) is 9.07 Å². The Bertz CT molecular complexity index is 956. The van der Waals surface area contributed by atoms with Gasteiger partial charge in [-0.15, -0.1) is 0 Å². The first-order valence-electron chi connectivity index (χ1n) is 7.43. The molecule has 0 atom stereocenters. The number of benzene rings is 1. The normalized spacial score (nSPS) is 11.8. The number of anilines is 1. The van der Waals surface area contributed by atoms with E-state index in [1.807, 2.05) is 20.8 Å². The number of hydrogen-bond donors (Lipinski definition) is 2. The first-order valence-corrected chi connectivity index (χ1v) is 7.43. The van der Waals surface area contributed by atoms with E-state index >= 15 is 0 Å². The van der Waals surface area contributed by atoms with Crippen molar-refractivity contribution in [1.29, 1.82) is 0 Å². The summed E-state index contributed by atoms with van der Waals surface area (Å²) in [6.07, 6.45) is 1.53. The first-order chi connectivity index (χ1) is 11.2. The summed E-state index contributed by atoms with van der Waals surface area (Å²) in [5, 5.41) is 5.20. The molecule has 0 bridgehead atoms. The first kappa shape index (κ1) is 15.9. The summed E-state index contributed by atoms with van der Waals surface area (Å²) in [5.41, 5.74) is 12.8. The number of primary amides is 1. The lowest BCUT2D eigenvalue weighted by Crippen LogP contribution is -2.25. The summed E-state index contributed by atoms with van der Waals surface area (Å²) in [4.78, 5) is 16.1. The Hall–Kier alpha value is -2.96. The molecule has 0 unspecified atom stereocenters. The van der Waals surface area contributed by atoms with Crippen molar-refractivity contribution in [3.63, 3.8) is 0 Å². The lowest BCUT2D eigenvalue weighted by Gasteiger charge is -2.20. The summed E-state index contributed by atoms with van der Waals surface area (Å²) >= 11 is 0. The Morgan fingerprint density at radius 3 is 2.58 bits per heavy atom. The largest absolute Gasteiger partial charge is 0.383 e. The number of nitrogens with two attached hydrogens (primary N) is 2. The smallest absolute Gasteiger partial charge is 0.254 e. The lowest BCUT2D eigenvalue weighted by atomic mass is 10.1. The molecular formula is C17H18FN5O. The highest BCUT2D eigenvalue weighted by Gasteiger charge is 2.27. The highest BCUT2D eigenvalue weighted by molar-refractivity contribution is 6.03. The molecule has 0 aliphatic heterocycles. The number of carbonyl (C=O) groups is 1. The predicted molar refractivity (Wildman–Crippen MR) is 90.8 cm³/mol. The van der Waals surface area contributed by atoms with Crippen LogP contribution in [0.5, 0.6) is 0 Å². The minimum Gasteiger partial charge on any atom is -0.383 e. The van der Waals surface area contributed by atoms with E-state index in [0.717, 1.165) is 5.39 Å². The van der Waals surface area contributed by atoms with E-state index in [4.69, 9.17) is 11.5 Å². The molecule has 3 rings (SSSR count). The average Bonchev–Trinajstić information content (AvgIpc) is 2.84. The van der Waals surface area contributed by atoms with Gasteiger partial charge in [0.1, 0.15) is 22.9 Å². The fourth-order valence-electron chi connectivity index (χ4n) is 2.61. The van der Waals surface area contributed by atoms with Crippen LogP contribution in [0.15, 0.2) is 30.5 Å². The van der Waals surface area contributed by atoms with Crippen LogP contribution in [0.4, 0.5) is 10.2 Å². The number of fused-ring (bicyclic) bond motifs is 1. The molecule has 6 nitrogen and oxygen atoms in total. The molecule has 0 saturated heterocycles. The van der Waals surface area contributed by atoms with Gasteiger partial charge in [0.15, 0.2) is 0 Å². The second kappa shape index (κ2) is 5.30. The van der Waals surface area contributed by atoms with E-state index in [2.05, 4.69) is 10.1 Å². The van der Waals surface area contributed by atoms with Gasteiger partial charge in [0, 0.05) is 23.2 Å². The van der Waals surface area contributed by atoms with Crippen LogP contribution in [0.1, 0.15) is 31.1 Å². The van der Waals surface area contributed by atoms with E-state index in [9.17, 15) is 9.18 Å². The van der Waals surface area contributed by atoms with Crippen LogP contribution >= 0.6 is 0 Å². The Morgan fingerprint density at radius 2 is 1.96 bits per heavy atom. The fraction of sp³-hybridized carbons (Fsp3) is 0.235. The Morgan fingerprint density at radius 1 is 1.25 bits per heavy atom. The third kappa shape index (κ3) is 2.58. The van der Waals surface area contributed by atoms with E-state index < -0.39 is 11.4 Å². The zero-order valence-corrected chi connectivity index (χ0v) is 13.7. The molecule has 3 aromatic rings. The van der Waals surface area contributed by atoms with Gasteiger partial charge in [0.2, 0.25) is 0 Å². The van der Waals surface area contributed by atoms with Crippen LogP contribution in [-0.4, -0.2) is 20.7 Å². The monoisotopic (exact) mass is 327 g/mol. The molecule has 24 heavy (non-hydrogen) atoms. The summed E-state index contributed by atoms with van der Waals surface area (Å²) in [6.45, 7) is 5.77. The highest BCUT2D eigenvalue weighted by atomic mass is 19.1. The summed E-state index contributed by atoms with van der Waals surface area (Å²) in [5.74, 6) is -0.803. The number of aromatic nitrogens is 3. The van der Waals surface area contributed by atoms with Crippen LogP contribution in [0, 0.1) is 5.82 Å². The number of nitrogen functional groups attached to an aromatic ring is 1. The second-order valence-corrected chi connectivity index (χ2v) is 6.62. The van der Waals surface area contributed by atoms with E-state index in [0.29, 0.717) is 16.8 Å². The Kier molecular flexibility index (Phi) is 3.51. The number of pyridine rings is 1. The quantitative estimate of drug-likeness (QED) is 0.755. The standard InChI is InChI=1S/C17H18FN5O/c1-17(2,3)23-15(19)13(16(20)24)14(22-23)10-6-9-4-5-11(18)7-12(9)21-8-10/h4-8H,19H2,1-3H3,(H2,20,24). The number of rotatable bonds is 2. The van der Waals surface area contributed by atoms with Gasteiger partial charge in [-0.2, -0.15) is 5.10 Å². The third-order valence-electron chi connectivity index (χ3n) is 3.72. The average molecular weight is 327 g/mol. The van der Waals surface area contributed by atoms with Gasteiger partial charge in [-0.3, -0.25) is 9.78 Å². The van der Waals surface area contributed by atoms with Crippen molar-refractivity contribution in [3.05, 3.63) is 41.8 Å². The maximum Gasteiger partial charge on any atom is 0.254 e. The summed E-state index contributed by atoms with van der Waals surface area (Å²) < 4.78 is 14.9. The zero-order chi connectivity index (χ0) is 17.6. The molecule has 1 aromatic carbocycles. The minimum absolute atomic E-state index is 0.160. The van der Waals surface area contributed by atoms with Crippen molar-refractivity contribution in [2.24, 2.45) is 5.73 Å².